The molecule has 0 unspecified atom stereocenters. The largest absolute Gasteiger partial charge is 0.276 e. The van der Waals surface area contributed by atoms with Crippen LogP contribution in [0.25, 0.3) is 0 Å². The molecule has 1 nitrogen and oxygen atoms in total. The third kappa shape index (κ3) is 1.90. The Kier molecular flexibility index (Phi) is 2.85. The molecular weight excluding hydrogens is 280 g/mol. The maximum atomic E-state index is 11.0. The smallest absolute Gasteiger partial charge is 0.252 e. The zero-order valence-corrected chi connectivity index (χ0v) is 12.1. The number of hydrogen-bond acceptors (Lipinski definition) is 1. The first-order valence-corrected chi connectivity index (χ1v) is 7.46. The van der Waals surface area contributed by atoms with E-state index in [1.807, 2.05) is 0 Å². The highest BCUT2D eigenvalue weighted by molar-refractivity contribution is 6.66. The third-order valence-corrected chi connectivity index (χ3v) is 4.62. The molecule has 2 heteroatoms. The number of fused-ring (bicyclic) bond motifs is 1. The predicted molar refractivity (Wildman–Crippen MR) is 83.6 cm³/mol. The lowest BCUT2D eigenvalue weighted by molar-refractivity contribution is -0.107. The van der Waals surface area contributed by atoms with Crippen LogP contribution in [0.4, 0.5) is 0 Å². The van der Waals surface area contributed by atoms with Gasteiger partial charge in [-0.3, -0.25) is 4.79 Å². The Balaban J connectivity index is 1.99. The fourth-order valence-corrected chi connectivity index (χ4v) is 3.80. The molecule has 3 aliphatic rings. The number of rotatable bonds is 1. The van der Waals surface area contributed by atoms with Gasteiger partial charge in [0.05, 0.1) is 0 Å². The average Bonchev–Trinajstić information content (AvgIpc) is 2.53. The van der Waals surface area contributed by atoms with Gasteiger partial charge in [-0.15, -0.1) is 5.73 Å². The van der Waals surface area contributed by atoms with Gasteiger partial charge in [0, 0.05) is 17.9 Å². The van der Waals surface area contributed by atoms with E-state index in [0.717, 1.165) is 12.0 Å². The molecule has 102 valence electrons. The fourth-order valence-electron chi connectivity index (χ4n) is 3.74. The lowest BCUT2D eigenvalue weighted by Crippen LogP contribution is -2.26. The van der Waals surface area contributed by atoms with Crippen molar-refractivity contribution in [3.8, 4) is 0 Å². The van der Waals surface area contributed by atoms with Gasteiger partial charge in [0.2, 0.25) is 0 Å². The molecule has 2 aromatic carbocycles. The van der Waals surface area contributed by atoms with Crippen LogP contribution in [-0.2, 0) is 4.79 Å². The van der Waals surface area contributed by atoms with Crippen LogP contribution in [0, 0.1) is 0 Å². The van der Waals surface area contributed by atoms with Crippen LogP contribution in [0.5, 0.6) is 0 Å². The Morgan fingerprint density at radius 2 is 1.52 bits per heavy atom. The van der Waals surface area contributed by atoms with Gasteiger partial charge in [-0.25, -0.2) is 0 Å². The highest BCUT2D eigenvalue weighted by Crippen LogP contribution is 2.54. The number of allylic oxidation sites excluding steroid dienone is 1. The van der Waals surface area contributed by atoms with Gasteiger partial charge >= 0.3 is 0 Å². The molecule has 2 aromatic rings. The van der Waals surface area contributed by atoms with Gasteiger partial charge in [0.1, 0.15) is 0 Å². The van der Waals surface area contributed by atoms with Crippen molar-refractivity contribution in [2.24, 2.45) is 0 Å². The molecule has 0 heterocycles. The van der Waals surface area contributed by atoms with E-state index >= 15 is 0 Å². The SMILES string of the molecule is O=C(Cl)C=C=C1CC2c3ccccc3C1c1ccccc12. The number of benzene rings is 2. The quantitative estimate of drug-likeness (QED) is 0.429. The second-order valence-electron chi connectivity index (χ2n) is 5.57. The van der Waals surface area contributed by atoms with Crippen LogP contribution < -0.4 is 0 Å². The standard InChI is InChI=1S/C19H13ClO/c20-18(21)10-9-12-11-17-13-5-1-3-7-15(13)19(12)16-8-4-2-6-14(16)17/h1-8,10,17,19H,11H2. The van der Waals surface area contributed by atoms with E-state index in [1.54, 1.807) is 0 Å². The lowest BCUT2D eigenvalue weighted by Gasteiger charge is -2.41. The van der Waals surface area contributed by atoms with Gasteiger partial charge < -0.3 is 0 Å². The predicted octanol–water partition coefficient (Wildman–Crippen LogP) is 4.51. The molecule has 0 saturated carbocycles. The summed E-state index contributed by atoms with van der Waals surface area (Å²) in [6.45, 7) is 0. The van der Waals surface area contributed by atoms with Crippen molar-refractivity contribution < 1.29 is 4.79 Å². The molecule has 0 saturated heterocycles. The Morgan fingerprint density at radius 1 is 1.00 bits per heavy atom. The van der Waals surface area contributed by atoms with Gasteiger partial charge in [-0.05, 0) is 45.8 Å². The van der Waals surface area contributed by atoms with Crippen molar-refractivity contribution in [2.45, 2.75) is 18.3 Å². The second kappa shape index (κ2) is 4.73. The molecule has 0 spiro atoms. The van der Waals surface area contributed by atoms with E-state index in [9.17, 15) is 4.79 Å². The van der Waals surface area contributed by atoms with Crippen molar-refractivity contribution in [1.29, 1.82) is 0 Å². The molecule has 0 atom stereocenters. The Bertz CT molecular complexity index is 764. The molecule has 2 bridgehead atoms. The number of carbonyl (C=O) groups is 1. The van der Waals surface area contributed by atoms with E-state index in [1.165, 1.54) is 28.3 Å². The van der Waals surface area contributed by atoms with Gasteiger partial charge in [0.15, 0.2) is 0 Å². The summed E-state index contributed by atoms with van der Waals surface area (Å²) in [6, 6.07) is 17.2. The highest BCUT2D eigenvalue weighted by atomic mass is 35.5. The Morgan fingerprint density at radius 3 is 2.05 bits per heavy atom. The summed E-state index contributed by atoms with van der Waals surface area (Å²) < 4.78 is 0. The first-order valence-electron chi connectivity index (χ1n) is 7.08. The molecule has 0 radical (unpaired) electrons. The molecule has 0 aromatic heterocycles. The van der Waals surface area contributed by atoms with Crippen LogP contribution in [0.1, 0.15) is 40.5 Å². The highest BCUT2D eigenvalue weighted by Gasteiger charge is 2.39. The minimum atomic E-state index is -0.467. The fraction of sp³-hybridized carbons (Fsp3) is 0.158. The van der Waals surface area contributed by atoms with Crippen molar-refractivity contribution in [1.82, 2.24) is 0 Å². The summed E-state index contributed by atoms with van der Waals surface area (Å²) in [4.78, 5) is 11.0. The molecule has 21 heavy (non-hydrogen) atoms. The Hall–Kier alpha value is -2.08. The van der Waals surface area contributed by atoms with Gasteiger partial charge in [-0.2, -0.15) is 0 Å². The summed E-state index contributed by atoms with van der Waals surface area (Å²) in [7, 11) is 0. The molecule has 0 N–H and O–H groups in total. The lowest BCUT2D eigenvalue weighted by atomic mass is 9.62. The summed E-state index contributed by atoms with van der Waals surface area (Å²) in [5.41, 5.74) is 9.79. The van der Waals surface area contributed by atoms with E-state index in [0.29, 0.717) is 5.92 Å². The van der Waals surface area contributed by atoms with Crippen molar-refractivity contribution in [2.75, 3.05) is 0 Å². The van der Waals surface area contributed by atoms with E-state index < -0.39 is 5.24 Å². The van der Waals surface area contributed by atoms with Gasteiger partial charge in [0.25, 0.3) is 5.24 Å². The van der Waals surface area contributed by atoms with Crippen LogP contribution in [0.15, 0.2) is 65.9 Å². The van der Waals surface area contributed by atoms with Gasteiger partial charge in [-0.1, -0.05) is 48.5 Å². The van der Waals surface area contributed by atoms with Crippen LogP contribution in [0.2, 0.25) is 0 Å². The zero-order chi connectivity index (χ0) is 14.4. The van der Waals surface area contributed by atoms with Crippen molar-refractivity contribution in [3.63, 3.8) is 0 Å². The summed E-state index contributed by atoms with van der Waals surface area (Å²) in [5, 5.41) is -0.467. The number of hydrogen-bond donors (Lipinski definition) is 0. The molecule has 0 fully saturated rings. The normalized spacial score (nSPS) is 21.3. The number of halogens is 1. The molecule has 0 aliphatic heterocycles. The summed E-state index contributed by atoms with van der Waals surface area (Å²) in [6.07, 6.45) is 2.27. The van der Waals surface area contributed by atoms with Crippen molar-refractivity contribution >= 4 is 16.8 Å². The van der Waals surface area contributed by atoms with E-state index in [2.05, 4.69) is 54.3 Å². The maximum absolute atomic E-state index is 11.0. The third-order valence-electron chi connectivity index (χ3n) is 4.51. The summed E-state index contributed by atoms with van der Waals surface area (Å²) in [5.74, 6) is 0.568. The maximum Gasteiger partial charge on any atom is 0.252 e. The first-order chi connectivity index (χ1) is 10.3. The number of carbonyl (C=O) groups excluding carboxylic acids is 1. The average molecular weight is 293 g/mol. The minimum Gasteiger partial charge on any atom is -0.276 e. The van der Waals surface area contributed by atoms with Crippen LogP contribution in [-0.4, -0.2) is 5.24 Å². The molecular formula is C19H13ClO. The molecule has 5 rings (SSSR count). The van der Waals surface area contributed by atoms with Crippen LogP contribution >= 0.6 is 11.6 Å². The minimum absolute atomic E-state index is 0.203. The summed E-state index contributed by atoms with van der Waals surface area (Å²) >= 11 is 5.43. The van der Waals surface area contributed by atoms with E-state index in [4.69, 9.17) is 11.6 Å². The zero-order valence-electron chi connectivity index (χ0n) is 11.3. The monoisotopic (exact) mass is 292 g/mol. The first kappa shape index (κ1) is 12.6. The molecule has 3 aliphatic carbocycles. The Labute approximate surface area is 128 Å². The second-order valence-corrected chi connectivity index (χ2v) is 5.94. The van der Waals surface area contributed by atoms with E-state index in [-0.39, 0.29) is 5.92 Å². The molecule has 0 amide bonds. The van der Waals surface area contributed by atoms with Crippen LogP contribution in [0.3, 0.4) is 0 Å². The topological polar surface area (TPSA) is 17.1 Å². The van der Waals surface area contributed by atoms with Crippen molar-refractivity contribution in [3.05, 3.63) is 88.2 Å².